The van der Waals surface area contributed by atoms with Gasteiger partial charge in [-0.05, 0) is 36.4 Å². The molecule has 28 heavy (non-hydrogen) atoms. The van der Waals surface area contributed by atoms with Gasteiger partial charge in [-0.15, -0.1) is 0 Å². The van der Waals surface area contributed by atoms with Crippen LogP contribution in [0.3, 0.4) is 0 Å². The molecule has 1 saturated heterocycles. The molecule has 2 aromatic heterocycles. The summed E-state index contributed by atoms with van der Waals surface area (Å²) in [7, 11) is 1.64. The minimum absolute atomic E-state index is 0.164. The van der Waals surface area contributed by atoms with Crippen molar-refractivity contribution >= 4 is 11.6 Å². The molecule has 146 valence electrons. The van der Waals surface area contributed by atoms with Crippen LogP contribution in [-0.2, 0) is 4.74 Å². The van der Waals surface area contributed by atoms with Gasteiger partial charge in [-0.1, -0.05) is 6.07 Å². The summed E-state index contributed by atoms with van der Waals surface area (Å²) in [6.45, 7) is 4.70. The Morgan fingerprint density at radius 3 is 2.71 bits per heavy atom. The van der Waals surface area contributed by atoms with E-state index in [0.717, 1.165) is 55.5 Å². The first-order chi connectivity index (χ1) is 13.8. The molecule has 0 aliphatic carbocycles. The van der Waals surface area contributed by atoms with Crippen LogP contribution >= 0.6 is 0 Å². The van der Waals surface area contributed by atoms with Crippen molar-refractivity contribution in [2.24, 2.45) is 0 Å². The Bertz CT molecular complexity index is 946. The molecule has 1 aliphatic heterocycles. The molecule has 1 amide bonds. The van der Waals surface area contributed by atoms with E-state index in [1.54, 1.807) is 7.11 Å². The third kappa shape index (κ3) is 3.85. The number of nitrogens with zero attached hydrogens (tertiary/aromatic N) is 3. The van der Waals surface area contributed by atoms with Crippen molar-refractivity contribution in [3.8, 4) is 17.0 Å². The predicted octanol–water partition coefficient (Wildman–Crippen LogP) is 2.07. The number of aromatic nitrogens is 2. The van der Waals surface area contributed by atoms with Crippen LogP contribution in [0, 0.1) is 0 Å². The molecule has 7 nitrogen and oxygen atoms in total. The summed E-state index contributed by atoms with van der Waals surface area (Å²) in [4.78, 5) is 19.8. The second kappa shape index (κ2) is 8.41. The van der Waals surface area contributed by atoms with Gasteiger partial charge in [-0.2, -0.15) is 0 Å². The maximum atomic E-state index is 12.9. The summed E-state index contributed by atoms with van der Waals surface area (Å²) in [6.07, 6.45) is 1.92. The number of nitrogens with one attached hydrogen (secondary N) is 1. The summed E-state index contributed by atoms with van der Waals surface area (Å²) in [6, 6.07) is 13.4. The smallest absolute Gasteiger partial charge is 0.272 e. The number of rotatable bonds is 6. The van der Waals surface area contributed by atoms with E-state index < -0.39 is 0 Å². The summed E-state index contributed by atoms with van der Waals surface area (Å²) in [5.74, 6) is 0.608. The van der Waals surface area contributed by atoms with Crippen molar-refractivity contribution in [3.05, 3.63) is 54.4 Å². The van der Waals surface area contributed by atoms with Crippen molar-refractivity contribution in [1.29, 1.82) is 0 Å². The van der Waals surface area contributed by atoms with Crippen LogP contribution in [0.25, 0.3) is 16.9 Å². The summed E-state index contributed by atoms with van der Waals surface area (Å²) in [5, 5.41) is 3.02. The van der Waals surface area contributed by atoms with Crippen LogP contribution in [0.2, 0.25) is 0 Å². The molecule has 0 radical (unpaired) electrons. The lowest BCUT2D eigenvalue weighted by Crippen LogP contribution is -2.41. The SMILES string of the molecule is COc1ccc(-c2c(C(=O)NCCN3CCOCC3)nc3ccccn23)cc1. The zero-order valence-electron chi connectivity index (χ0n) is 15.9. The lowest BCUT2D eigenvalue weighted by molar-refractivity contribution is 0.0383. The molecule has 4 rings (SSSR count). The third-order valence-corrected chi connectivity index (χ3v) is 4.93. The molecule has 0 saturated carbocycles. The quantitative estimate of drug-likeness (QED) is 0.709. The molecule has 1 aromatic carbocycles. The third-order valence-electron chi connectivity index (χ3n) is 4.93. The second-order valence-electron chi connectivity index (χ2n) is 6.68. The predicted molar refractivity (Wildman–Crippen MR) is 107 cm³/mol. The fraction of sp³-hybridized carbons (Fsp3) is 0.333. The molecule has 0 spiro atoms. The zero-order chi connectivity index (χ0) is 19.3. The maximum Gasteiger partial charge on any atom is 0.272 e. The number of methoxy groups -OCH3 is 1. The number of carbonyl (C=O) groups excluding carboxylic acids is 1. The van der Waals surface area contributed by atoms with Crippen molar-refractivity contribution in [2.75, 3.05) is 46.5 Å². The number of pyridine rings is 1. The first-order valence-electron chi connectivity index (χ1n) is 9.46. The van der Waals surface area contributed by atoms with Gasteiger partial charge in [-0.25, -0.2) is 4.98 Å². The van der Waals surface area contributed by atoms with Crippen LogP contribution in [0.15, 0.2) is 48.7 Å². The molecule has 0 atom stereocenters. The van der Waals surface area contributed by atoms with E-state index in [-0.39, 0.29) is 5.91 Å². The largest absolute Gasteiger partial charge is 0.497 e. The van der Waals surface area contributed by atoms with Crippen LogP contribution in [0.1, 0.15) is 10.5 Å². The van der Waals surface area contributed by atoms with Gasteiger partial charge in [-0.3, -0.25) is 14.1 Å². The number of imidazole rings is 1. The first-order valence-corrected chi connectivity index (χ1v) is 9.46. The van der Waals surface area contributed by atoms with Gasteiger partial charge in [0.25, 0.3) is 5.91 Å². The van der Waals surface area contributed by atoms with E-state index in [1.165, 1.54) is 0 Å². The number of hydrogen-bond donors (Lipinski definition) is 1. The topological polar surface area (TPSA) is 68.1 Å². The van der Waals surface area contributed by atoms with E-state index in [4.69, 9.17) is 9.47 Å². The fourth-order valence-electron chi connectivity index (χ4n) is 3.41. The summed E-state index contributed by atoms with van der Waals surface area (Å²) < 4.78 is 12.6. The fourth-order valence-corrected chi connectivity index (χ4v) is 3.41. The Kier molecular flexibility index (Phi) is 5.55. The number of morpholine rings is 1. The molecular formula is C21H24N4O3. The molecule has 3 aromatic rings. The minimum atomic E-state index is -0.164. The van der Waals surface area contributed by atoms with Gasteiger partial charge in [0.15, 0.2) is 5.69 Å². The monoisotopic (exact) mass is 380 g/mol. The van der Waals surface area contributed by atoms with Crippen molar-refractivity contribution in [3.63, 3.8) is 0 Å². The summed E-state index contributed by atoms with van der Waals surface area (Å²) in [5.41, 5.74) is 2.87. The minimum Gasteiger partial charge on any atom is -0.497 e. The Labute approximate surface area is 163 Å². The van der Waals surface area contributed by atoms with Crippen LogP contribution in [-0.4, -0.2) is 66.7 Å². The van der Waals surface area contributed by atoms with E-state index in [1.807, 2.05) is 53.1 Å². The Morgan fingerprint density at radius 1 is 1.18 bits per heavy atom. The van der Waals surface area contributed by atoms with Crippen LogP contribution < -0.4 is 10.1 Å². The van der Waals surface area contributed by atoms with Gasteiger partial charge in [0.1, 0.15) is 11.4 Å². The molecule has 1 fully saturated rings. The van der Waals surface area contributed by atoms with E-state index in [0.29, 0.717) is 12.2 Å². The lowest BCUT2D eigenvalue weighted by atomic mass is 10.1. The van der Waals surface area contributed by atoms with Gasteiger partial charge >= 0.3 is 0 Å². The van der Waals surface area contributed by atoms with Gasteiger partial charge in [0.05, 0.1) is 26.0 Å². The van der Waals surface area contributed by atoms with E-state index in [9.17, 15) is 4.79 Å². The van der Waals surface area contributed by atoms with Crippen LogP contribution in [0.4, 0.5) is 0 Å². The molecule has 1 N–H and O–H groups in total. The average Bonchev–Trinajstić information content (AvgIpc) is 3.14. The molecule has 0 unspecified atom stereocenters. The number of benzene rings is 1. The highest BCUT2D eigenvalue weighted by Crippen LogP contribution is 2.27. The van der Waals surface area contributed by atoms with E-state index >= 15 is 0 Å². The lowest BCUT2D eigenvalue weighted by Gasteiger charge is -2.26. The zero-order valence-corrected chi connectivity index (χ0v) is 15.9. The molecule has 0 bridgehead atoms. The highest BCUT2D eigenvalue weighted by molar-refractivity contribution is 5.99. The molecule has 3 heterocycles. The Balaban J connectivity index is 1.57. The summed E-state index contributed by atoms with van der Waals surface area (Å²) >= 11 is 0. The highest BCUT2D eigenvalue weighted by atomic mass is 16.5. The number of hydrogen-bond acceptors (Lipinski definition) is 5. The number of fused-ring (bicyclic) bond motifs is 1. The number of ether oxygens (including phenoxy) is 2. The van der Waals surface area contributed by atoms with Crippen molar-refractivity contribution in [1.82, 2.24) is 19.6 Å². The normalized spacial score (nSPS) is 14.9. The Hall–Kier alpha value is -2.90. The molecule has 7 heteroatoms. The van der Waals surface area contributed by atoms with Crippen molar-refractivity contribution in [2.45, 2.75) is 0 Å². The standard InChI is InChI=1S/C21H24N4O3/c1-27-17-7-5-16(6-8-17)20-19(23-18-4-2-3-10-25(18)20)21(26)22-9-11-24-12-14-28-15-13-24/h2-8,10H,9,11-15H2,1H3,(H,22,26). The second-order valence-corrected chi connectivity index (χ2v) is 6.68. The first kappa shape index (κ1) is 18.5. The van der Waals surface area contributed by atoms with Gasteiger partial charge in [0.2, 0.25) is 0 Å². The van der Waals surface area contributed by atoms with Gasteiger partial charge < -0.3 is 14.8 Å². The van der Waals surface area contributed by atoms with E-state index in [2.05, 4.69) is 15.2 Å². The highest BCUT2D eigenvalue weighted by Gasteiger charge is 2.20. The van der Waals surface area contributed by atoms with Gasteiger partial charge in [0, 0.05) is 37.9 Å². The maximum absolute atomic E-state index is 12.9. The number of amides is 1. The molecular weight excluding hydrogens is 356 g/mol. The number of carbonyl (C=O) groups is 1. The van der Waals surface area contributed by atoms with Crippen LogP contribution in [0.5, 0.6) is 5.75 Å². The average molecular weight is 380 g/mol. The van der Waals surface area contributed by atoms with Crippen molar-refractivity contribution < 1.29 is 14.3 Å². The Morgan fingerprint density at radius 2 is 1.96 bits per heavy atom. The molecule has 1 aliphatic rings.